The Bertz CT molecular complexity index is 664. The fourth-order valence-corrected chi connectivity index (χ4v) is 1.97. The molecule has 0 saturated heterocycles. The quantitative estimate of drug-likeness (QED) is 0.683. The summed E-state index contributed by atoms with van der Waals surface area (Å²) in [6.45, 7) is 0. The maximum atomic E-state index is 4.31. The van der Waals surface area contributed by atoms with Gasteiger partial charge in [-0.25, -0.2) is 14.6 Å². The summed E-state index contributed by atoms with van der Waals surface area (Å²) in [6, 6.07) is 11.9. The molecule has 0 aliphatic rings. The zero-order valence-corrected chi connectivity index (χ0v) is 10.9. The van der Waals surface area contributed by atoms with E-state index in [0.29, 0.717) is 0 Å². The lowest BCUT2D eigenvalue weighted by molar-refractivity contribution is 0.837. The maximum Gasteiger partial charge on any atom is 0.157 e. The van der Waals surface area contributed by atoms with Crippen molar-refractivity contribution in [1.29, 1.82) is 0 Å². The largest absolute Gasteiger partial charge is 0.229 e. The van der Waals surface area contributed by atoms with E-state index in [1.165, 1.54) is 6.33 Å². The second-order valence-electron chi connectivity index (χ2n) is 3.74. The molecule has 0 aliphatic carbocycles. The Kier molecular flexibility index (Phi) is 2.90. The van der Waals surface area contributed by atoms with E-state index in [9.17, 15) is 0 Å². The zero-order chi connectivity index (χ0) is 12.4. The maximum absolute atomic E-state index is 4.31. The van der Waals surface area contributed by atoms with E-state index in [1.54, 1.807) is 4.68 Å². The summed E-state index contributed by atoms with van der Waals surface area (Å²) in [4.78, 5) is 8.17. The Morgan fingerprint density at radius 3 is 2.61 bits per heavy atom. The van der Waals surface area contributed by atoms with Crippen molar-refractivity contribution in [2.45, 2.75) is 0 Å². The van der Waals surface area contributed by atoms with Gasteiger partial charge in [0, 0.05) is 17.8 Å². The van der Waals surface area contributed by atoms with Gasteiger partial charge in [0.15, 0.2) is 5.82 Å². The molecule has 2 heterocycles. The zero-order valence-electron chi connectivity index (χ0n) is 9.36. The molecule has 0 bridgehead atoms. The first kappa shape index (κ1) is 11.1. The molecule has 88 valence electrons. The van der Waals surface area contributed by atoms with Crippen LogP contribution < -0.4 is 0 Å². The van der Waals surface area contributed by atoms with Gasteiger partial charge in [-0.1, -0.05) is 30.3 Å². The number of hydrogen-bond acceptors (Lipinski definition) is 3. The Balaban J connectivity index is 2.00. The van der Waals surface area contributed by atoms with E-state index in [4.69, 9.17) is 0 Å². The van der Waals surface area contributed by atoms with Crippen molar-refractivity contribution >= 4 is 15.9 Å². The molecule has 0 fully saturated rings. The SMILES string of the molecule is Brc1cc(-n2cc(-c3ccccc3)cn2)ncn1. The molecule has 0 aliphatic heterocycles. The van der Waals surface area contributed by atoms with Gasteiger partial charge < -0.3 is 0 Å². The second-order valence-corrected chi connectivity index (χ2v) is 4.55. The summed E-state index contributed by atoms with van der Waals surface area (Å²) in [6.07, 6.45) is 5.28. The lowest BCUT2D eigenvalue weighted by Crippen LogP contribution is -1.97. The van der Waals surface area contributed by atoms with Gasteiger partial charge in [-0.2, -0.15) is 5.10 Å². The number of rotatable bonds is 2. The first-order valence-corrected chi connectivity index (χ1v) is 6.20. The van der Waals surface area contributed by atoms with Crippen molar-refractivity contribution in [1.82, 2.24) is 19.7 Å². The minimum Gasteiger partial charge on any atom is -0.229 e. The van der Waals surface area contributed by atoms with Crippen molar-refractivity contribution < 1.29 is 0 Å². The van der Waals surface area contributed by atoms with Crippen molar-refractivity contribution in [2.75, 3.05) is 0 Å². The van der Waals surface area contributed by atoms with Gasteiger partial charge >= 0.3 is 0 Å². The van der Waals surface area contributed by atoms with Gasteiger partial charge in [0.05, 0.1) is 6.20 Å². The predicted octanol–water partition coefficient (Wildman–Crippen LogP) is 3.09. The highest BCUT2D eigenvalue weighted by atomic mass is 79.9. The molecular formula is C13H9BrN4. The van der Waals surface area contributed by atoms with E-state index in [0.717, 1.165) is 21.5 Å². The van der Waals surface area contributed by atoms with E-state index in [2.05, 4.69) is 43.1 Å². The van der Waals surface area contributed by atoms with Crippen LogP contribution in [0.3, 0.4) is 0 Å². The number of hydrogen-bond donors (Lipinski definition) is 0. The topological polar surface area (TPSA) is 43.6 Å². The Labute approximate surface area is 112 Å². The van der Waals surface area contributed by atoms with Gasteiger partial charge in [-0.15, -0.1) is 0 Å². The first-order chi connectivity index (χ1) is 8.83. The van der Waals surface area contributed by atoms with Crippen LogP contribution >= 0.6 is 15.9 Å². The predicted molar refractivity (Wildman–Crippen MR) is 72.3 cm³/mol. The molecule has 0 radical (unpaired) electrons. The minimum atomic E-state index is 0.735. The third-order valence-electron chi connectivity index (χ3n) is 2.54. The normalized spacial score (nSPS) is 10.5. The molecule has 3 rings (SSSR count). The van der Waals surface area contributed by atoms with Crippen molar-refractivity contribution in [3.05, 3.63) is 59.7 Å². The summed E-state index contributed by atoms with van der Waals surface area (Å²) in [5.74, 6) is 0.735. The van der Waals surface area contributed by atoms with Gasteiger partial charge in [-0.3, -0.25) is 0 Å². The van der Waals surface area contributed by atoms with Gasteiger partial charge in [0.2, 0.25) is 0 Å². The number of halogens is 1. The molecule has 0 amide bonds. The molecule has 3 aromatic rings. The third kappa shape index (κ3) is 2.17. The second kappa shape index (κ2) is 4.70. The molecule has 0 atom stereocenters. The van der Waals surface area contributed by atoms with Crippen LogP contribution in [0.25, 0.3) is 16.9 Å². The highest BCUT2D eigenvalue weighted by Gasteiger charge is 2.04. The molecule has 4 nitrogen and oxygen atoms in total. The number of aromatic nitrogens is 4. The lowest BCUT2D eigenvalue weighted by atomic mass is 10.1. The van der Waals surface area contributed by atoms with E-state index in [-0.39, 0.29) is 0 Å². The van der Waals surface area contributed by atoms with Gasteiger partial charge in [0.1, 0.15) is 10.9 Å². The summed E-state index contributed by atoms with van der Waals surface area (Å²) in [5, 5.41) is 4.31. The Morgan fingerprint density at radius 1 is 1.00 bits per heavy atom. The van der Waals surface area contributed by atoms with E-state index < -0.39 is 0 Å². The molecule has 0 saturated carbocycles. The smallest absolute Gasteiger partial charge is 0.157 e. The Hall–Kier alpha value is -2.01. The van der Waals surface area contributed by atoms with Gasteiger partial charge in [-0.05, 0) is 21.5 Å². The highest BCUT2D eigenvalue weighted by molar-refractivity contribution is 9.10. The summed E-state index contributed by atoms with van der Waals surface area (Å²) in [7, 11) is 0. The lowest BCUT2D eigenvalue weighted by Gasteiger charge is -1.99. The number of nitrogens with zero attached hydrogens (tertiary/aromatic N) is 4. The fourth-order valence-electron chi connectivity index (χ4n) is 1.68. The van der Waals surface area contributed by atoms with Crippen LogP contribution in [0.15, 0.2) is 59.7 Å². The molecule has 5 heteroatoms. The van der Waals surface area contributed by atoms with Crippen molar-refractivity contribution in [3.8, 4) is 16.9 Å². The van der Waals surface area contributed by atoms with Crippen molar-refractivity contribution in [3.63, 3.8) is 0 Å². The Morgan fingerprint density at radius 2 is 1.83 bits per heavy atom. The van der Waals surface area contributed by atoms with Crippen LogP contribution in [0.5, 0.6) is 0 Å². The first-order valence-electron chi connectivity index (χ1n) is 5.41. The highest BCUT2D eigenvalue weighted by Crippen LogP contribution is 2.19. The minimum absolute atomic E-state index is 0.735. The van der Waals surface area contributed by atoms with Crippen LogP contribution in [-0.2, 0) is 0 Å². The summed E-state index contributed by atoms with van der Waals surface area (Å²) >= 11 is 3.32. The molecule has 0 N–H and O–H groups in total. The summed E-state index contributed by atoms with van der Waals surface area (Å²) < 4.78 is 2.47. The molecule has 0 unspecified atom stereocenters. The van der Waals surface area contributed by atoms with Crippen LogP contribution in [0, 0.1) is 0 Å². The van der Waals surface area contributed by atoms with Gasteiger partial charge in [0.25, 0.3) is 0 Å². The van der Waals surface area contributed by atoms with Crippen LogP contribution in [0.2, 0.25) is 0 Å². The third-order valence-corrected chi connectivity index (χ3v) is 2.98. The fraction of sp³-hybridized carbons (Fsp3) is 0. The van der Waals surface area contributed by atoms with Crippen LogP contribution in [-0.4, -0.2) is 19.7 Å². The summed E-state index contributed by atoms with van der Waals surface area (Å²) in [5.41, 5.74) is 2.20. The average molecular weight is 301 g/mol. The standard InChI is InChI=1S/C13H9BrN4/c14-12-6-13(16-9-15-12)18-8-11(7-17-18)10-4-2-1-3-5-10/h1-9H. The average Bonchev–Trinajstić information content (AvgIpc) is 2.89. The van der Waals surface area contributed by atoms with Crippen LogP contribution in [0.1, 0.15) is 0 Å². The molecule has 1 aromatic carbocycles. The monoisotopic (exact) mass is 300 g/mol. The number of benzene rings is 1. The molecular weight excluding hydrogens is 292 g/mol. The molecule has 2 aromatic heterocycles. The molecule has 0 spiro atoms. The van der Waals surface area contributed by atoms with Crippen molar-refractivity contribution in [2.24, 2.45) is 0 Å². The van der Waals surface area contributed by atoms with E-state index >= 15 is 0 Å². The molecule has 18 heavy (non-hydrogen) atoms. The van der Waals surface area contributed by atoms with E-state index in [1.807, 2.05) is 36.7 Å². The van der Waals surface area contributed by atoms with Crippen LogP contribution in [0.4, 0.5) is 0 Å².